The van der Waals surface area contributed by atoms with Crippen molar-refractivity contribution in [2.75, 3.05) is 16.2 Å². The first-order valence-corrected chi connectivity index (χ1v) is 11.5. The third-order valence-electron chi connectivity index (χ3n) is 5.20. The van der Waals surface area contributed by atoms with E-state index >= 15 is 0 Å². The highest BCUT2D eigenvalue weighted by molar-refractivity contribution is 7.93. The molecule has 0 bridgehead atoms. The third kappa shape index (κ3) is 3.38. The molecule has 7 heteroatoms. The maximum Gasteiger partial charge on any atom is 0.268 e. The molecule has 1 amide bonds. The van der Waals surface area contributed by atoms with E-state index in [-0.39, 0.29) is 11.2 Å². The van der Waals surface area contributed by atoms with Crippen LogP contribution in [0.15, 0.2) is 35.7 Å². The van der Waals surface area contributed by atoms with E-state index < -0.39 is 10.0 Å². The van der Waals surface area contributed by atoms with Gasteiger partial charge in [0.2, 0.25) is 10.0 Å². The highest BCUT2D eigenvalue weighted by atomic mass is 32.2. The van der Waals surface area contributed by atoms with E-state index in [0.717, 1.165) is 54.7 Å². The maximum atomic E-state index is 12.6. The molecule has 0 unspecified atom stereocenters. The normalized spacial score (nSPS) is 17.9. The smallest absolute Gasteiger partial charge is 0.268 e. The second-order valence-electron chi connectivity index (χ2n) is 6.93. The first-order valence-electron chi connectivity index (χ1n) is 9.04. The number of anilines is 2. The van der Waals surface area contributed by atoms with Crippen LogP contribution in [0, 0.1) is 0 Å². The molecule has 1 aliphatic heterocycles. The van der Waals surface area contributed by atoms with Gasteiger partial charge in [0.15, 0.2) is 0 Å². The number of nitrogens with zero attached hydrogens (tertiary/aromatic N) is 1. The number of carbonyl (C=O) groups is 1. The van der Waals surface area contributed by atoms with Gasteiger partial charge in [-0.1, -0.05) is 25.3 Å². The number of benzene rings is 1. The summed E-state index contributed by atoms with van der Waals surface area (Å²) in [7, 11) is -3.35. The third-order valence-corrected chi connectivity index (χ3v) is 7.93. The highest BCUT2D eigenvalue weighted by Crippen LogP contribution is 2.33. The molecule has 1 fully saturated rings. The molecule has 1 aliphatic carbocycles. The van der Waals surface area contributed by atoms with Gasteiger partial charge in [-0.2, -0.15) is 0 Å². The van der Waals surface area contributed by atoms with Crippen molar-refractivity contribution < 1.29 is 13.2 Å². The molecule has 0 atom stereocenters. The number of rotatable bonds is 4. The largest absolute Gasteiger partial charge is 0.307 e. The molecule has 2 aromatic rings. The summed E-state index contributed by atoms with van der Waals surface area (Å²) in [5, 5.41) is 1.61. The number of amides is 1. The second-order valence-corrected chi connectivity index (χ2v) is 9.84. The standard InChI is InChI=1S/C19H22N2O3S2/c22-19(18-7-4-12-25-18)21-11-10-14-13-15(8-9-17(14)21)20-26(23,24)16-5-2-1-3-6-16/h4,7-9,12-13,16,20H,1-3,5-6,10-11H2. The van der Waals surface area contributed by atoms with E-state index in [2.05, 4.69) is 4.72 Å². The zero-order valence-corrected chi connectivity index (χ0v) is 16.1. The minimum absolute atomic E-state index is 0.00860. The maximum absolute atomic E-state index is 12.6. The van der Waals surface area contributed by atoms with E-state index in [4.69, 9.17) is 0 Å². The Labute approximate surface area is 158 Å². The van der Waals surface area contributed by atoms with Crippen molar-refractivity contribution in [1.82, 2.24) is 0 Å². The van der Waals surface area contributed by atoms with Gasteiger partial charge in [-0.25, -0.2) is 8.42 Å². The molecule has 26 heavy (non-hydrogen) atoms. The topological polar surface area (TPSA) is 66.5 Å². The summed E-state index contributed by atoms with van der Waals surface area (Å²) in [5.41, 5.74) is 2.49. The van der Waals surface area contributed by atoms with Crippen LogP contribution >= 0.6 is 11.3 Å². The van der Waals surface area contributed by atoms with Gasteiger partial charge in [-0.15, -0.1) is 11.3 Å². The predicted octanol–water partition coefficient (Wildman–Crippen LogP) is 4.03. The lowest BCUT2D eigenvalue weighted by molar-refractivity contribution is 0.0993. The van der Waals surface area contributed by atoms with Crippen LogP contribution in [0.3, 0.4) is 0 Å². The molecular formula is C19H22N2O3S2. The SMILES string of the molecule is O=C(c1cccs1)N1CCc2cc(NS(=O)(=O)C3CCCCC3)ccc21. The fourth-order valence-corrected chi connectivity index (χ4v) is 6.08. The van der Waals surface area contributed by atoms with Gasteiger partial charge in [0, 0.05) is 17.9 Å². The Balaban J connectivity index is 1.52. The monoisotopic (exact) mass is 390 g/mol. The fraction of sp³-hybridized carbons (Fsp3) is 0.421. The molecule has 5 nitrogen and oxygen atoms in total. The summed E-state index contributed by atoms with van der Waals surface area (Å²) in [6.45, 7) is 0.630. The quantitative estimate of drug-likeness (QED) is 0.857. The molecule has 0 radical (unpaired) electrons. The van der Waals surface area contributed by atoms with Gasteiger partial charge in [0.1, 0.15) is 0 Å². The van der Waals surface area contributed by atoms with Gasteiger partial charge in [0.25, 0.3) is 5.91 Å². The molecule has 4 rings (SSSR count). The van der Waals surface area contributed by atoms with Gasteiger partial charge >= 0.3 is 0 Å². The average molecular weight is 391 g/mol. The first-order chi connectivity index (χ1) is 12.5. The number of thiophene rings is 1. The van der Waals surface area contributed by atoms with Crippen LogP contribution in [0.5, 0.6) is 0 Å². The van der Waals surface area contributed by atoms with Crippen molar-refractivity contribution in [1.29, 1.82) is 0 Å². The Kier molecular flexibility index (Phi) is 4.75. The van der Waals surface area contributed by atoms with Crippen LogP contribution in [-0.4, -0.2) is 26.1 Å². The van der Waals surface area contributed by atoms with Crippen LogP contribution in [0.2, 0.25) is 0 Å². The van der Waals surface area contributed by atoms with E-state index in [1.54, 1.807) is 11.0 Å². The molecule has 1 N–H and O–H groups in total. The summed E-state index contributed by atoms with van der Waals surface area (Å²) in [4.78, 5) is 15.1. The second kappa shape index (κ2) is 7.04. The molecule has 0 saturated heterocycles. The van der Waals surface area contributed by atoms with Crippen LogP contribution in [0.1, 0.15) is 47.3 Å². The molecule has 1 saturated carbocycles. The number of nitrogens with one attached hydrogen (secondary N) is 1. The van der Waals surface area contributed by atoms with Crippen molar-refractivity contribution in [3.8, 4) is 0 Å². The number of fused-ring (bicyclic) bond motifs is 1. The lowest BCUT2D eigenvalue weighted by atomic mass is 10.0. The fourth-order valence-electron chi connectivity index (χ4n) is 3.83. The summed E-state index contributed by atoms with van der Waals surface area (Å²) in [6, 6.07) is 9.19. The molecule has 0 spiro atoms. The number of hydrogen-bond acceptors (Lipinski definition) is 4. The first kappa shape index (κ1) is 17.5. The molecule has 1 aromatic heterocycles. The van der Waals surface area contributed by atoms with Crippen molar-refractivity contribution >= 4 is 38.6 Å². The van der Waals surface area contributed by atoms with Gasteiger partial charge in [-0.3, -0.25) is 9.52 Å². The molecule has 1 aromatic carbocycles. The van der Waals surface area contributed by atoms with Gasteiger partial charge < -0.3 is 4.90 Å². The van der Waals surface area contributed by atoms with Crippen LogP contribution in [-0.2, 0) is 16.4 Å². The van der Waals surface area contributed by atoms with Crippen LogP contribution in [0.25, 0.3) is 0 Å². The Bertz CT molecular complexity index is 901. The predicted molar refractivity (Wildman–Crippen MR) is 106 cm³/mol. The molecule has 2 aliphatic rings. The lowest BCUT2D eigenvalue weighted by Gasteiger charge is -2.22. The van der Waals surface area contributed by atoms with E-state index in [9.17, 15) is 13.2 Å². The summed E-state index contributed by atoms with van der Waals surface area (Å²) < 4.78 is 28.0. The minimum Gasteiger partial charge on any atom is -0.307 e. The highest BCUT2D eigenvalue weighted by Gasteiger charge is 2.29. The Morgan fingerprint density at radius 1 is 1.15 bits per heavy atom. The molecule has 138 valence electrons. The zero-order valence-electron chi connectivity index (χ0n) is 14.5. The number of sulfonamides is 1. The molecular weight excluding hydrogens is 368 g/mol. The van der Waals surface area contributed by atoms with E-state index in [0.29, 0.717) is 12.2 Å². The minimum atomic E-state index is -3.35. The van der Waals surface area contributed by atoms with E-state index in [1.807, 2.05) is 29.6 Å². The summed E-state index contributed by atoms with van der Waals surface area (Å²) in [5.74, 6) is 0.00860. The van der Waals surface area contributed by atoms with Crippen LogP contribution in [0.4, 0.5) is 11.4 Å². The average Bonchev–Trinajstić information content (AvgIpc) is 3.31. The molecule has 2 heterocycles. The van der Waals surface area contributed by atoms with Gasteiger partial charge in [-0.05, 0) is 54.5 Å². The summed E-state index contributed by atoms with van der Waals surface area (Å²) in [6.07, 6.45) is 5.31. The van der Waals surface area contributed by atoms with E-state index in [1.165, 1.54) is 11.3 Å². The Hall–Kier alpha value is -1.86. The Morgan fingerprint density at radius 3 is 2.69 bits per heavy atom. The van der Waals surface area contributed by atoms with Crippen molar-refractivity contribution in [3.05, 3.63) is 46.2 Å². The zero-order chi connectivity index (χ0) is 18.1. The summed E-state index contributed by atoms with van der Waals surface area (Å²) >= 11 is 1.44. The van der Waals surface area contributed by atoms with Crippen molar-refractivity contribution in [3.63, 3.8) is 0 Å². The number of hydrogen-bond donors (Lipinski definition) is 1. The Morgan fingerprint density at radius 2 is 1.96 bits per heavy atom. The number of carbonyl (C=O) groups excluding carboxylic acids is 1. The van der Waals surface area contributed by atoms with Gasteiger partial charge in [0.05, 0.1) is 10.1 Å². The van der Waals surface area contributed by atoms with Crippen molar-refractivity contribution in [2.24, 2.45) is 0 Å². The van der Waals surface area contributed by atoms with Crippen LogP contribution < -0.4 is 9.62 Å². The lowest BCUT2D eigenvalue weighted by Crippen LogP contribution is -2.29. The van der Waals surface area contributed by atoms with Crippen molar-refractivity contribution in [2.45, 2.75) is 43.8 Å².